The molecule has 0 spiro atoms. The van der Waals surface area contributed by atoms with Gasteiger partial charge in [-0.3, -0.25) is 14.4 Å². The predicted octanol–water partition coefficient (Wildman–Crippen LogP) is 1.60. The molecule has 1 aliphatic rings. The molecule has 27 heavy (non-hydrogen) atoms. The summed E-state index contributed by atoms with van der Waals surface area (Å²) >= 11 is 1.15. The molecule has 1 aromatic carbocycles. The Morgan fingerprint density at radius 3 is 2.26 bits per heavy atom. The molecule has 1 saturated heterocycles. The lowest BCUT2D eigenvalue weighted by molar-refractivity contribution is -0.132. The molecule has 0 atom stereocenters. The molecule has 2 aromatic rings. The maximum Gasteiger partial charge on any atom is 0.307 e. The lowest BCUT2D eigenvalue weighted by Gasteiger charge is -2.35. The van der Waals surface area contributed by atoms with Gasteiger partial charge in [0.15, 0.2) is 0 Å². The third kappa shape index (κ3) is 4.39. The summed E-state index contributed by atoms with van der Waals surface area (Å²) < 4.78 is 6.74. The molecule has 0 radical (unpaired) electrons. The highest BCUT2D eigenvalue weighted by atomic mass is 32.1. The number of hydrogen-bond acceptors (Lipinski definition) is 5. The highest BCUT2D eigenvalue weighted by molar-refractivity contribution is 7.07. The molecule has 0 saturated carbocycles. The number of rotatable bonds is 5. The average molecular weight is 389 g/mol. The van der Waals surface area contributed by atoms with Crippen molar-refractivity contribution < 1.29 is 14.3 Å². The smallest absolute Gasteiger partial charge is 0.307 e. The summed E-state index contributed by atoms with van der Waals surface area (Å²) in [6.45, 7) is 4.31. The molecule has 1 fully saturated rings. The maximum absolute atomic E-state index is 12.6. The molecular formula is C19H23N3O4S. The summed E-state index contributed by atoms with van der Waals surface area (Å²) in [5, 5.41) is 1.80. The molecule has 2 heterocycles. The van der Waals surface area contributed by atoms with E-state index in [0.717, 1.165) is 17.0 Å². The molecule has 7 nitrogen and oxygen atoms in total. The summed E-state index contributed by atoms with van der Waals surface area (Å²) in [6, 6.07) is 7.03. The first kappa shape index (κ1) is 19.2. The Bertz CT molecular complexity index is 864. The van der Waals surface area contributed by atoms with Gasteiger partial charge in [-0.1, -0.05) is 11.3 Å². The number of ether oxygens (including phenoxy) is 1. The number of carbonyl (C=O) groups excluding carboxylic acids is 2. The molecule has 0 N–H and O–H groups in total. The van der Waals surface area contributed by atoms with Crippen molar-refractivity contribution in [1.82, 2.24) is 14.4 Å². The Hall–Kier alpha value is -2.61. The molecule has 1 aliphatic heterocycles. The first-order chi connectivity index (χ1) is 13.0. The fourth-order valence-electron chi connectivity index (χ4n) is 3.12. The van der Waals surface area contributed by atoms with E-state index in [1.165, 1.54) is 0 Å². The number of benzene rings is 1. The first-order valence-electron chi connectivity index (χ1n) is 8.85. The van der Waals surface area contributed by atoms with Crippen LogP contribution >= 0.6 is 11.3 Å². The lowest BCUT2D eigenvalue weighted by Crippen LogP contribution is -2.50. The van der Waals surface area contributed by atoms with Crippen molar-refractivity contribution in [1.29, 1.82) is 0 Å². The Morgan fingerprint density at radius 1 is 1.07 bits per heavy atom. The van der Waals surface area contributed by atoms with Crippen molar-refractivity contribution in [2.45, 2.75) is 19.9 Å². The molecule has 8 heteroatoms. The first-order valence-corrected chi connectivity index (χ1v) is 9.73. The van der Waals surface area contributed by atoms with E-state index < -0.39 is 0 Å². The topological polar surface area (TPSA) is 71.8 Å². The van der Waals surface area contributed by atoms with Crippen LogP contribution in [0.1, 0.15) is 22.5 Å². The second-order valence-electron chi connectivity index (χ2n) is 6.45. The molecule has 0 unspecified atom stereocenters. The number of aromatic nitrogens is 1. The number of carbonyl (C=O) groups is 2. The van der Waals surface area contributed by atoms with Gasteiger partial charge < -0.3 is 19.1 Å². The van der Waals surface area contributed by atoms with Gasteiger partial charge in [0.1, 0.15) is 5.75 Å². The van der Waals surface area contributed by atoms with E-state index in [1.807, 2.05) is 6.92 Å². The summed E-state index contributed by atoms with van der Waals surface area (Å²) in [4.78, 5) is 40.2. The number of hydrogen-bond donors (Lipinski definition) is 0. The van der Waals surface area contributed by atoms with E-state index in [4.69, 9.17) is 4.74 Å². The van der Waals surface area contributed by atoms with Crippen molar-refractivity contribution in [3.05, 3.63) is 50.6 Å². The predicted molar refractivity (Wildman–Crippen MR) is 103 cm³/mol. The van der Waals surface area contributed by atoms with Crippen molar-refractivity contribution in [2.24, 2.45) is 0 Å². The number of piperazine rings is 1. The number of thiazole rings is 1. The minimum atomic E-state index is -0.0368. The number of nitrogens with zero attached hydrogens (tertiary/aromatic N) is 3. The van der Waals surface area contributed by atoms with Gasteiger partial charge in [-0.15, -0.1) is 0 Å². The van der Waals surface area contributed by atoms with Gasteiger partial charge in [0.2, 0.25) is 5.91 Å². The SMILES string of the molecule is COc1ccc(C(=O)N2CCN(C(=O)CCn3c(C)csc3=O)CC2)cc1. The van der Waals surface area contributed by atoms with Gasteiger partial charge in [-0.05, 0) is 31.2 Å². The van der Waals surface area contributed by atoms with E-state index in [-0.39, 0.29) is 16.7 Å². The number of methoxy groups -OCH3 is 1. The van der Waals surface area contributed by atoms with Crippen LogP contribution in [0, 0.1) is 6.92 Å². The molecular weight excluding hydrogens is 366 g/mol. The standard InChI is InChI=1S/C19H23N3O4S/c1-14-13-27-19(25)22(14)8-7-17(23)20-9-11-21(12-10-20)18(24)15-3-5-16(26-2)6-4-15/h3-6,13H,7-12H2,1-2H3. The van der Waals surface area contributed by atoms with Crippen LogP contribution in [0.4, 0.5) is 0 Å². The minimum Gasteiger partial charge on any atom is -0.497 e. The minimum absolute atomic E-state index is 0.0176. The van der Waals surface area contributed by atoms with E-state index in [2.05, 4.69) is 0 Å². The zero-order valence-corrected chi connectivity index (χ0v) is 16.3. The summed E-state index contributed by atoms with van der Waals surface area (Å²) in [7, 11) is 1.59. The van der Waals surface area contributed by atoms with E-state index in [9.17, 15) is 14.4 Å². The Labute approximate surface area is 161 Å². The normalized spacial score (nSPS) is 14.3. The molecule has 2 amide bonds. The molecule has 0 bridgehead atoms. The van der Waals surface area contributed by atoms with Crippen LogP contribution in [-0.4, -0.2) is 59.5 Å². The van der Waals surface area contributed by atoms with Crippen LogP contribution in [0.3, 0.4) is 0 Å². The maximum atomic E-state index is 12.6. The van der Waals surface area contributed by atoms with Gasteiger partial charge in [-0.2, -0.15) is 0 Å². The number of aryl methyl sites for hydroxylation is 1. The van der Waals surface area contributed by atoms with Crippen LogP contribution in [0.25, 0.3) is 0 Å². The fourth-order valence-corrected chi connectivity index (χ4v) is 3.88. The van der Waals surface area contributed by atoms with E-state index in [0.29, 0.717) is 50.5 Å². The van der Waals surface area contributed by atoms with Crippen molar-refractivity contribution in [3.63, 3.8) is 0 Å². The summed E-state index contributed by atoms with van der Waals surface area (Å²) in [5.41, 5.74) is 1.50. The summed E-state index contributed by atoms with van der Waals surface area (Å²) in [5.74, 6) is 0.691. The lowest BCUT2D eigenvalue weighted by atomic mass is 10.1. The van der Waals surface area contributed by atoms with Gasteiger partial charge in [0.05, 0.1) is 7.11 Å². The third-order valence-corrected chi connectivity index (χ3v) is 5.66. The Balaban J connectivity index is 1.51. The molecule has 144 valence electrons. The third-order valence-electron chi connectivity index (χ3n) is 4.78. The van der Waals surface area contributed by atoms with Gasteiger partial charge in [0, 0.05) is 55.8 Å². The highest BCUT2D eigenvalue weighted by Crippen LogP contribution is 2.15. The molecule has 1 aromatic heterocycles. The Morgan fingerprint density at radius 2 is 1.70 bits per heavy atom. The monoisotopic (exact) mass is 389 g/mol. The van der Waals surface area contributed by atoms with E-state index >= 15 is 0 Å². The quantitative estimate of drug-likeness (QED) is 0.779. The van der Waals surface area contributed by atoms with Crippen LogP contribution < -0.4 is 9.61 Å². The average Bonchev–Trinajstić information content (AvgIpc) is 3.03. The summed E-state index contributed by atoms with van der Waals surface area (Å²) in [6.07, 6.45) is 0.296. The van der Waals surface area contributed by atoms with Gasteiger partial charge in [0.25, 0.3) is 5.91 Å². The van der Waals surface area contributed by atoms with E-state index in [1.54, 1.807) is 51.1 Å². The van der Waals surface area contributed by atoms with Crippen LogP contribution in [-0.2, 0) is 11.3 Å². The van der Waals surface area contributed by atoms with Gasteiger partial charge >= 0.3 is 4.87 Å². The zero-order chi connectivity index (χ0) is 19.4. The van der Waals surface area contributed by atoms with Crippen LogP contribution in [0.15, 0.2) is 34.4 Å². The fraction of sp³-hybridized carbons (Fsp3) is 0.421. The second-order valence-corrected chi connectivity index (χ2v) is 7.27. The van der Waals surface area contributed by atoms with Gasteiger partial charge in [-0.25, -0.2) is 0 Å². The van der Waals surface area contributed by atoms with Crippen molar-refractivity contribution in [2.75, 3.05) is 33.3 Å². The van der Waals surface area contributed by atoms with Crippen LogP contribution in [0.5, 0.6) is 5.75 Å². The number of amides is 2. The molecule has 3 rings (SSSR count). The Kier molecular flexibility index (Phi) is 5.95. The zero-order valence-electron chi connectivity index (χ0n) is 15.5. The van der Waals surface area contributed by atoms with Crippen molar-refractivity contribution in [3.8, 4) is 5.75 Å². The van der Waals surface area contributed by atoms with Crippen LogP contribution in [0.2, 0.25) is 0 Å². The largest absolute Gasteiger partial charge is 0.497 e. The second kappa shape index (κ2) is 8.39. The molecule has 0 aliphatic carbocycles. The van der Waals surface area contributed by atoms with Crippen molar-refractivity contribution >= 4 is 23.2 Å². The highest BCUT2D eigenvalue weighted by Gasteiger charge is 2.24.